The number of amides is 1. The minimum absolute atomic E-state index is 0.345. The van der Waals surface area contributed by atoms with E-state index in [1.807, 2.05) is 6.07 Å². The molecule has 2 fully saturated rings. The number of hydrogen-bond donors (Lipinski definition) is 0. The molecule has 0 N–H and O–H groups in total. The van der Waals surface area contributed by atoms with Crippen LogP contribution in [0, 0.1) is 5.92 Å². The highest BCUT2D eigenvalue weighted by molar-refractivity contribution is 5.76. The second-order valence-corrected chi connectivity index (χ2v) is 7.10. The number of ether oxygens (including phenoxy) is 1. The minimum atomic E-state index is 0.345. The van der Waals surface area contributed by atoms with E-state index in [0.29, 0.717) is 18.2 Å². The average Bonchev–Trinajstić information content (AvgIpc) is 2.64. The van der Waals surface area contributed by atoms with Gasteiger partial charge in [0.1, 0.15) is 0 Å². The SMILES string of the molecule is O=C(CCCc1ccccc1)N1CCC[C@H](CN2CCOCC2)C1. The summed E-state index contributed by atoms with van der Waals surface area (Å²) in [5, 5.41) is 0. The van der Waals surface area contributed by atoms with Crippen LogP contribution in [0.4, 0.5) is 0 Å². The fourth-order valence-corrected chi connectivity index (χ4v) is 3.84. The van der Waals surface area contributed by atoms with Gasteiger partial charge in [-0.1, -0.05) is 30.3 Å². The van der Waals surface area contributed by atoms with Crippen LogP contribution in [0.15, 0.2) is 30.3 Å². The molecule has 0 spiro atoms. The second-order valence-electron chi connectivity index (χ2n) is 7.10. The van der Waals surface area contributed by atoms with Gasteiger partial charge < -0.3 is 9.64 Å². The Bertz CT molecular complexity index is 500. The van der Waals surface area contributed by atoms with Crippen LogP contribution in [-0.4, -0.2) is 61.6 Å². The zero-order valence-electron chi connectivity index (χ0n) is 14.7. The van der Waals surface area contributed by atoms with Crippen molar-refractivity contribution in [3.8, 4) is 0 Å². The molecular weight excluding hydrogens is 300 g/mol. The van der Waals surface area contributed by atoms with Crippen LogP contribution in [0.3, 0.4) is 0 Å². The fraction of sp³-hybridized carbons (Fsp3) is 0.650. The molecule has 0 bridgehead atoms. The smallest absolute Gasteiger partial charge is 0.222 e. The van der Waals surface area contributed by atoms with Gasteiger partial charge in [0.25, 0.3) is 0 Å². The molecule has 4 heteroatoms. The van der Waals surface area contributed by atoms with Crippen molar-refractivity contribution in [2.24, 2.45) is 5.92 Å². The van der Waals surface area contributed by atoms with Gasteiger partial charge in [0, 0.05) is 39.1 Å². The van der Waals surface area contributed by atoms with Crippen molar-refractivity contribution in [1.82, 2.24) is 9.80 Å². The Morgan fingerprint density at radius 3 is 2.71 bits per heavy atom. The number of piperidine rings is 1. The zero-order chi connectivity index (χ0) is 16.6. The van der Waals surface area contributed by atoms with Crippen LogP contribution in [-0.2, 0) is 16.0 Å². The van der Waals surface area contributed by atoms with Crippen LogP contribution in [0.1, 0.15) is 31.2 Å². The highest BCUT2D eigenvalue weighted by atomic mass is 16.5. The monoisotopic (exact) mass is 330 g/mol. The fourth-order valence-electron chi connectivity index (χ4n) is 3.84. The normalized spacial score (nSPS) is 22.5. The molecule has 2 aliphatic heterocycles. The number of carbonyl (C=O) groups excluding carboxylic acids is 1. The van der Waals surface area contributed by atoms with E-state index in [9.17, 15) is 4.79 Å². The molecule has 0 radical (unpaired) electrons. The number of carbonyl (C=O) groups is 1. The summed E-state index contributed by atoms with van der Waals surface area (Å²) in [6.07, 6.45) is 5.04. The molecule has 2 heterocycles. The molecular formula is C20H30N2O2. The topological polar surface area (TPSA) is 32.8 Å². The Balaban J connectivity index is 1.39. The lowest BCUT2D eigenvalue weighted by Gasteiger charge is -2.36. The minimum Gasteiger partial charge on any atom is -0.379 e. The summed E-state index contributed by atoms with van der Waals surface area (Å²) in [7, 11) is 0. The lowest BCUT2D eigenvalue weighted by atomic mass is 9.96. The predicted octanol–water partition coefficient (Wildman–Crippen LogP) is 2.58. The van der Waals surface area contributed by atoms with E-state index in [0.717, 1.165) is 65.2 Å². The molecule has 1 aromatic carbocycles. The van der Waals surface area contributed by atoms with Crippen LogP contribution in [0.5, 0.6) is 0 Å². The van der Waals surface area contributed by atoms with Gasteiger partial charge in [-0.2, -0.15) is 0 Å². The number of morpholine rings is 1. The number of hydrogen-bond acceptors (Lipinski definition) is 3. The third-order valence-electron chi connectivity index (χ3n) is 5.19. The molecule has 1 aromatic rings. The van der Waals surface area contributed by atoms with Crippen molar-refractivity contribution in [2.45, 2.75) is 32.1 Å². The van der Waals surface area contributed by atoms with Crippen molar-refractivity contribution >= 4 is 5.91 Å². The van der Waals surface area contributed by atoms with Crippen molar-refractivity contribution in [2.75, 3.05) is 45.9 Å². The first-order valence-corrected chi connectivity index (χ1v) is 9.43. The molecule has 1 atom stereocenters. The predicted molar refractivity (Wildman–Crippen MR) is 95.9 cm³/mol. The number of aryl methyl sites for hydroxylation is 1. The Morgan fingerprint density at radius 2 is 1.92 bits per heavy atom. The lowest BCUT2D eigenvalue weighted by molar-refractivity contribution is -0.133. The molecule has 0 aromatic heterocycles. The van der Waals surface area contributed by atoms with E-state index < -0.39 is 0 Å². The third-order valence-corrected chi connectivity index (χ3v) is 5.19. The van der Waals surface area contributed by atoms with Gasteiger partial charge in [0.15, 0.2) is 0 Å². The maximum Gasteiger partial charge on any atom is 0.222 e. The Morgan fingerprint density at radius 1 is 1.12 bits per heavy atom. The molecule has 24 heavy (non-hydrogen) atoms. The number of rotatable bonds is 6. The van der Waals surface area contributed by atoms with Gasteiger partial charge in [-0.25, -0.2) is 0 Å². The molecule has 3 rings (SSSR count). The molecule has 2 saturated heterocycles. The van der Waals surface area contributed by atoms with Gasteiger partial charge in [-0.15, -0.1) is 0 Å². The van der Waals surface area contributed by atoms with Crippen LogP contribution >= 0.6 is 0 Å². The Kier molecular flexibility index (Phi) is 6.67. The molecule has 0 aliphatic carbocycles. The highest BCUT2D eigenvalue weighted by Gasteiger charge is 2.25. The first-order valence-electron chi connectivity index (χ1n) is 9.43. The second kappa shape index (κ2) is 9.19. The van der Waals surface area contributed by atoms with Gasteiger partial charge >= 0.3 is 0 Å². The summed E-state index contributed by atoms with van der Waals surface area (Å²) in [5.74, 6) is 0.979. The maximum atomic E-state index is 12.5. The van der Waals surface area contributed by atoms with E-state index in [1.54, 1.807) is 0 Å². The third kappa shape index (κ3) is 5.32. The summed E-state index contributed by atoms with van der Waals surface area (Å²) >= 11 is 0. The van der Waals surface area contributed by atoms with Crippen LogP contribution < -0.4 is 0 Å². The molecule has 0 unspecified atom stereocenters. The lowest BCUT2D eigenvalue weighted by Crippen LogP contribution is -2.46. The van der Waals surface area contributed by atoms with Crippen LogP contribution in [0.25, 0.3) is 0 Å². The molecule has 2 aliphatic rings. The Hall–Kier alpha value is -1.39. The van der Waals surface area contributed by atoms with Gasteiger partial charge in [-0.3, -0.25) is 9.69 Å². The molecule has 1 amide bonds. The maximum absolute atomic E-state index is 12.5. The van der Waals surface area contributed by atoms with E-state index in [1.165, 1.54) is 12.0 Å². The number of nitrogens with zero attached hydrogens (tertiary/aromatic N) is 2. The molecule has 0 saturated carbocycles. The quantitative estimate of drug-likeness (QED) is 0.804. The largest absolute Gasteiger partial charge is 0.379 e. The van der Waals surface area contributed by atoms with E-state index >= 15 is 0 Å². The number of likely N-dealkylation sites (tertiary alicyclic amines) is 1. The van der Waals surface area contributed by atoms with Crippen molar-refractivity contribution in [3.05, 3.63) is 35.9 Å². The molecule has 132 valence electrons. The average molecular weight is 330 g/mol. The molecule has 4 nitrogen and oxygen atoms in total. The van der Waals surface area contributed by atoms with E-state index in [4.69, 9.17) is 4.74 Å². The first kappa shape index (κ1) is 17.4. The summed E-state index contributed by atoms with van der Waals surface area (Å²) in [4.78, 5) is 17.1. The van der Waals surface area contributed by atoms with Crippen molar-refractivity contribution in [1.29, 1.82) is 0 Å². The standard InChI is InChI=1S/C20H30N2O2/c23-20(10-4-8-18-6-2-1-3-7-18)22-11-5-9-19(17-22)16-21-12-14-24-15-13-21/h1-3,6-7,19H,4-5,8-17H2/t19-/m1/s1. The zero-order valence-corrected chi connectivity index (χ0v) is 14.7. The summed E-state index contributed by atoms with van der Waals surface area (Å²) in [6, 6.07) is 10.5. The van der Waals surface area contributed by atoms with Crippen molar-refractivity contribution in [3.63, 3.8) is 0 Å². The van der Waals surface area contributed by atoms with E-state index in [2.05, 4.69) is 34.1 Å². The summed E-state index contributed by atoms with van der Waals surface area (Å²) < 4.78 is 5.42. The van der Waals surface area contributed by atoms with Crippen LogP contribution in [0.2, 0.25) is 0 Å². The highest BCUT2D eigenvalue weighted by Crippen LogP contribution is 2.19. The van der Waals surface area contributed by atoms with Gasteiger partial charge in [0.05, 0.1) is 13.2 Å². The summed E-state index contributed by atoms with van der Waals surface area (Å²) in [5.41, 5.74) is 1.33. The Labute approximate surface area is 145 Å². The number of benzene rings is 1. The van der Waals surface area contributed by atoms with Crippen molar-refractivity contribution < 1.29 is 9.53 Å². The first-order chi connectivity index (χ1) is 11.8. The van der Waals surface area contributed by atoms with Gasteiger partial charge in [0.2, 0.25) is 5.91 Å². The van der Waals surface area contributed by atoms with E-state index in [-0.39, 0.29) is 0 Å². The summed E-state index contributed by atoms with van der Waals surface area (Å²) in [6.45, 7) is 6.81. The van der Waals surface area contributed by atoms with Gasteiger partial charge in [-0.05, 0) is 37.2 Å².